The number of benzene rings is 1. The number of hydrazone groups is 1. The van der Waals surface area contributed by atoms with Crippen LogP contribution >= 0.6 is 23.2 Å². The molecule has 1 aromatic heterocycles. The van der Waals surface area contributed by atoms with Gasteiger partial charge in [-0.1, -0.05) is 29.3 Å². The molecule has 7 heteroatoms. The van der Waals surface area contributed by atoms with Crippen molar-refractivity contribution in [2.75, 3.05) is 0 Å². The average molecular weight is 322 g/mol. The van der Waals surface area contributed by atoms with E-state index in [0.717, 1.165) is 0 Å². The Bertz CT molecular complexity index is 732. The zero-order chi connectivity index (χ0) is 15.2. The number of hydrogen-bond donors (Lipinski definition) is 1. The van der Waals surface area contributed by atoms with Crippen molar-refractivity contribution in [1.29, 1.82) is 5.26 Å². The highest BCUT2D eigenvalue weighted by Crippen LogP contribution is 2.33. The van der Waals surface area contributed by atoms with Crippen LogP contribution in [0.3, 0.4) is 0 Å². The van der Waals surface area contributed by atoms with Crippen molar-refractivity contribution in [3.05, 3.63) is 46.1 Å². The molecular weight excluding hydrogens is 313 g/mol. The molecule has 1 amide bonds. The number of amides is 1. The van der Waals surface area contributed by atoms with Gasteiger partial charge in [-0.15, -0.1) is 0 Å². The molecule has 0 unspecified atom stereocenters. The lowest BCUT2D eigenvalue weighted by Crippen LogP contribution is -2.15. The standard InChI is InChI=1S/C14H9Cl2N3O2/c15-11-3-1-2-10(14(11)16)12-5-4-9(21-12)8-18-19-13(20)6-7-17/h1-5,8H,6H2,(H,19,20)/b18-8-. The second-order valence-electron chi connectivity index (χ2n) is 3.93. The van der Waals surface area contributed by atoms with Crippen LogP contribution in [-0.4, -0.2) is 12.1 Å². The van der Waals surface area contributed by atoms with E-state index in [-0.39, 0.29) is 6.42 Å². The predicted octanol–water partition coefficient (Wildman–Crippen LogP) is 3.62. The van der Waals surface area contributed by atoms with Gasteiger partial charge in [-0.2, -0.15) is 10.4 Å². The molecule has 0 saturated heterocycles. The van der Waals surface area contributed by atoms with Gasteiger partial charge in [-0.05, 0) is 24.3 Å². The minimum Gasteiger partial charge on any atom is -0.455 e. The number of nitriles is 1. The topological polar surface area (TPSA) is 78.4 Å². The summed E-state index contributed by atoms with van der Waals surface area (Å²) in [4.78, 5) is 11.0. The summed E-state index contributed by atoms with van der Waals surface area (Å²) in [5.74, 6) is 0.476. The number of rotatable bonds is 4. The molecule has 0 radical (unpaired) electrons. The van der Waals surface area contributed by atoms with Crippen LogP contribution in [0.25, 0.3) is 11.3 Å². The van der Waals surface area contributed by atoms with Gasteiger partial charge in [0, 0.05) is 5.56 Å². The molecule has 1 aromatic carbocycles. The molecule has 0 fully saturated rings. The second kappa shape index (κ2) is 6.93. The molecule has 21 heavy (non-hydrogen) atoms. The van der Waals surface area contributed by atoms with Crippen LogP contribution in [0, 0.1) is 11.3 Å². The third kappa shape index (κ3) is 3.85. The lowest BCUT2D eigenvalue weighted by Gasteiger charge is -2.01. The fourth-order valence-electron chi connectivity index (χ4n) is 1.54. The summed E-state index contributed by atoms with van der Waals surface area (Å²) in [6.07, 6.45) is 1.08. The van der Waals surface area contributed by atoms with E-state index in [1.807, 2.05) is 0 Å². The van der Waals surface area contributed by atoms with Crippen molar-refractivity contribution < 1.29 is 9.21 Å². The molecule has 0 spiro atoms. The van der Waals surface area contributed by atoms with Gasteiger partial charge in [-0.25, -0.2) is 5.43 Å². The Morgan fingerprint density at radius 1 is 1.38 bits per heavy atom. The lowest BCUT2D eigenvalue weighted by molar-refractivity contribution is -0.120. The first-order chi connectivity index (χ1) is 10.1. The van der Waals surface area contributed by atoms with Gasteiger partial charge in [0.05, 0.1) is 22.3 Å². The first-order valence-corrected chi connectivity index (χ1v) is 6.60. The molecule has 0 saturated carbocycles. The van der Waals surface area contributed by atoms with E-state index in [9.17, 15) is 4.79 Å². The smallest absolute Gasteiger partial charge is 0.254 e. The van der Waals surface area contributed by atoms with Gasteiger partial charge >= 0.3 is 0 Å². The van der Waals surface area contributed by atoms with E-state index in [1.54, 1.807) is 36.4 Å². The van der Waals surface area contributed by atoms with Crippen molar-refractivity contribution in [2.24, 2.45) is 5.10 Å². The molecule has 2 aromatic rings. The maximum Gasteiger partial charge on any atom is 0.254 e. The number of halogens is 2. The predicted molar refractivity (Wildman–Crippen MR) is 80.1 cm³/mol. The first kappa shape index (κ1) is 15.1. The highest BCUT2D eigenvalue weighted by atomic mass is 35.5. The Morgan fingerprint density at radius 3 is 2.95 bits per heavy atom. The monoisotopic (exact) mass is 321 g/mol. The molecule has 5 nitrogen and oxygen atoms in total. The summed E-state index contributed by atoms with van der Waals surface area (Å²) < 4.78 is 5.54. The highest BCUT2D eigenvalue weighted by Gasteiger charge is 2.10. The first-order valence-electron chi connectivity index (χ1n) is 5.85. The van der Waals surface area contributed by atoms with Crippen LogP contribution < -0.4 is 5.43 Å². The molecular formula is C14H9Cl2N3O2. The Balaban J connectivity index is 2.12. The summed E-state index contributed by atoms with van der Waals surface area (Å²) in [6.45, 7) is 0. The molecule has 0 aliphatic carbocycles. The van der Waals surface area contributed by atoms with E-state index >= 15 is 0 Å². The zero-order valence-corrected chi connectivity index (χ0v) is 12.1. The number of hydrogen-bond acceptors (Lipinski definition) is 4. The fourth-order valence-corrected chi connectivity index (χ4v) is 1.93. The average Bonchev–Trinajstić information content (AvgIpc) is 2.91. The molecule has 106 valence electrons. The number of carbonyl (C=O) groups is 1. The van der Waals surface area contributed by atoms with Gasteiger partial charge in [0.25, 0.3) is 5.91 Å². The maximum atomic E-state index is 11.0. The third-order valence-electron chi connectivity index (χ3n) is 2.46. The van der Waals surface area contributed by atoms with Crippen molar-refractivity contribution in [2.45, 2.75) is 6.42 Å². The van der Waals surface area contributed by atoms with Crippen LogP contribution in [0.5, 0.6) is 0 Å². The van der Waals surface area contributed by atoms with Gasteiger partial charge in [-0.3, -0.25) is 4.79 Å². The Hall–Kier alpha value is -2.29. The third-order valence-corrected chi connectivity index (χ3v) is 3.28. The van der Waals surface area contributed by atoms with Crippen LogP contribution in [0.2, 0.25) is 10.0 Å². The van der Waals surface area contributed by atoms with Crippen molar-refractivity contribution >= 4 is 35.3 Å². The second-order valence-corrected chi connectivity index (χ2v) is 4.72. The SMILES string of the molecule is N#CCC(=O)N/N=C\c1ccc(-c2cccc(Cl)c2Cl)o1. The quantitative estimate of drug-likeness (QED) is 0.690. The molecule has 1 heterocycles. The number of carbonyl (C=O) groups excluding carboxylic acids is 1. The minimum absolute atomic E-state index is 0.251. The number of nitrogens with zero attached hydrogens (tertiary/aromatic N) is 2. The van der Waals surface area contributed by atoms with Gasteiger partial charge < -0.3 is 4.42 Å². The molecule has 0 atom stereocenters. The summed E-state index contributed by atoms with van der Waals surface area (Å²) in [6, 6.07) is 10.3. The van der Waals surface area contributed by atoms with E-state index in [1.165, 1.54) is 6.21 Å². The van der Waals surface area contributed by atoms with Crippen molar-refractivity contribution in [1.82, 2.24) is 5.43 Å². The van der Waals surface area contributed by atoms with E-state index in [0.29, 0.717) is 27.1 Å². The van der Waals surface area contributed by atoms with Crippen molar-refractivity contribution in [3.63, 3.8) is 0 Å². The van der Waals surface area contributed by atoms with Gasteiger partial charge in [0.2, 0.25) is 0 Å². The van der Waals surface area contributed by atoms with E-state index in [2.05, 4.69) is 10.5 Å². The molecule has 2 rings (SSSR count). The summed E-state index contributed by atoms with van der Waals surface area (Å²) in [5.41, 5.74) is 2.87. The largest absolute Gasteiger partial charge is 0.455 e. The minimum atomic E-state index is -0.488. The fraction of sp³-hybridized carbons (Fsp3) is 0.0714. The number of nitrogens with one attached hydrogen (secondary N) is 1. The summed E-state index contributed by atoms with van der Waals surface area (Å²) >= 11 is 12.0. The Morgan fingerprint density at radius 2 is 2.19 bits per heavy atom. The van der Waals surface area contributed by atoms with Crippen LogP contribution in [0.4, 0.5) is 0 Å². The molecule has 0 aliphatic rings. The van der Waals surface area contributed by atoms with Crippen LogP contribution in [0.1, 0.15) is 12.2 Å². The molecule has 0 aliphatic heterocycles. The van der Waals surface area contributed by atoms with Gasteiger partial charge in [0.1, 0.15) is 17.9 Å². The van der Waals surface area contributed by atoms with E-state index < -0.39 is 5.91 Å². The van der Waals surface area contributed by atoms with Gasteiger partial charge in [0.15, 0.2) is 0 Å². The van der Waals surface area contributed by atoms with E-state index in [4.69, 9.17) is 32.9 Å². The normalized spacial score (nSPS) is 10.5. The Kier molecular flexibility index (Phi) is 4.99. The zero-order valence-electron chi connectivity index (χ0n) is 10.6. The van der Waals surface area contributed by atoms with Crippen LogP contribution in [-0.2, 0) is 4.79 Å². The summed E-state index contributed by atoms with van der Waals surface area (Å²) in [5, 5.41) is 12.8. The highest BCUT2D eigenvalue weighted by molar-refractivity contribution is 6.43. The Labute approximate surface area is 130 Å². The molecule has 0 bridgehead atoms. The molecule has 1 N–H and O–H groups in total. The van der Waals surface area contributed by atoms with Crippen LogP contribution in [0.15, 0.2) is 39.9 Å². The summed E-state index contributed by atoms with van der Waals surface area (Å²) in [7, 11) is 0. The number of furan rings is 1. The van der Waals surface area contributed by atoms with Crippen molar-refractivity contribution in [3.8, 4) is 17.4 Å². The lowest BCUT2D eigenvalue weighted by atomic mass is 10.2. The maximum absolute atomic E-state index is 11.0.